The summed E-state index contributed by atoms with van der Waals surface area (Å²) >= 11 is 0. The highest BCUT2D eigenvalue weighted by atomic mass is 32.2. The third-order valence-corrected chi connectivity index (χ3v) is 5.73. The van der Waals surface area contributed by atoms with Gasteiger partial charge in [0.25, 0.3) is 10.1 Å². The van der Waals surface area contributed by atoms with E-state index in [9.17, 15) is 18.1 Å². The molecule has 0 aliphatic rings. The molecule has 4 nitrogen and oxygen atoms in total. The first kappa shape index (κ1) is 19.1. The molecule has 3 aromatic rings. The van der Waals surface area contributed by atoms with E-state index in [0.29, 0.717) is 18.4 Å². The maximum Gasteiger partial charge on any atom is 0.298 e. The fraction of sp³-hybridized carbons (Fsp3) is 0.182. The Morgan fingerprint density at radius 1 is 0.815 bits per heavy atom. The Kier molecular flexibility index (Phi) is 5.63. The van der Waals surface area contributed by atoms with Crippen molar-refractivity contribution >= 4 is 10.1 Å². The van der Waals surface area contributed by atoms with E-state index in [4.69, 9.17) is 0 Å². The van der Waals surface area contributed by atoms with Crippen LogP contribution in [0.5, 0.6) is 5.75 Å². The maximum atomic E-state index is 11.4. The van der Waals surface area contributed by atoms with Gasteiger partial charge in [-0.05, 0) is 41.2 Å². The van der Waals surface area contributed by atoms with Gasteiger partial charge in [-0.15, -0.1) is 0 Å². The van der Waals surface area contributed by atoms with E-state index in [1.165, 1.54) is 23.3 Å². The number of hydrogen-bond acceptors (Lipinski definition) is 3. The lowest BCUT2D eigenvalue weighted by atomic mass is 9.88. The second-order valence-corrected chi connectivity index (χ2v) is 7.96. The van der Waals surface area contributed by atoms with Crippen LogP contribution >= 0.6 is 0 Å². The number of aryl methyl sites for hydroxylation is 2. The van der Waals surface area contributed by atoms with Crippen molar-refractivity contribution in [2.24, 2.45) is 0 Å². The molecule has 0 spiro atoms. The van der Waals surface area contributed by atoms with E-state index < -0.39 is 15.0 Å². The van der Waals surface area contributed by atoms with Crippen molar-refractivity contribution in [3.63, 3.8) is 0 Å². The summed E-state index contributed by atoms with van der Waals surface area (Å²) in [5.41, 5.74) is 4.06. The highest BCUT2D eigenvalue weighted by Crippen LogP contribution is 2.30. The van der Waals surface area contributed by atoms with E-state index in [0.717, 1.165) is 5.56 Å². The van der Waals surface area contributed by atoms with Crippen LogP contribution in [0.2, 0.25) is 0 Å². The van der Waals surface area contributed by atoms with Crippen LogP contribution in [0.3, 0.4) is 0 Å². The minimum atomic E-state index is -4.45. The Bertz CT molecular complexity index is 1030. The molecule has 5 heteroatoms. The summed E-state index contributed by atoms with van der Waals surface area (Å²) in [5.74, 6) is -0.159. The van der Waals surface area contributed by atoms with Crippen LogP contribution in [-0.4, -0.2) is 18.1 Å². The fourth-order valence-corrected chi connectivity index (χ4v) is 3.98. The Hall–Kier alpha value is -2.63. The first-order valence-corrected chi connectivity index (χ1v) is 10.2. The minimum Gasteiger partial charge on any atom is -0.506 e. The smallest absolute Gasteiger partial charge is 0.298 e. The topological polar surface area (TPSA) is 74.6 Å². The molecule has 1 atom stereocenters. The lowest BCUT2D eigenvalue weighted by molar-refractivity contribution is 0.438. The molecule has 0 saturated carbocycles. The highest BCUT2D eigenvalue weighted by Gasteiger charge is 2.18. The maximum absolute atomic E-state index is 11.4. The predicted molar refractivity (Wildman–Crippen MR) is 106 cm³/mol. The molecule has 3 rings (SSSR count). The molecule has 0 fully saturated rings. The van der Waals surface area contributed by atoms with Gasteiger partial charge in [0.05, 0.1) is 0 Å². The first-order valence-electron chi connectivity index (χ1n) is 8.79. The predicted octanol–water partition coefficient (Wildman–Crippen LogP) is 4.58. The third kappa shape index (κ3) is 4.38. The third-order valence-electron chi connectivity index (χ3n) is 4.85. The van der Waals surface area contributed by atoms with Crippen molar-refractivity contribution in [2.75, 3.05) is 0 Å². The van der Waals surface area contributed by atoms with Gasteiger partial charge in [-0.1, -0.05) is 73.7 Å². The Labute approximate surface area is 159 Å². The van der Waals surface area contributed by atoms with Gasteiger partial charge in [0, 0.05) is 5.92 Å². The highest BCUT2D eigenvalue weighted by molar-refractivity contribution is 7.86. The van der Waals surface area contributed by atoms with Crippen LogP contribution in [0.4, 0.5) is 0 Å². The molecule has 27 heavy (non-hydrogen) atoms. The van der Waals surface area contributed by atoms with Crippen molar-refractivity contribution in [1.29, 1.82) is 0 Å². The average Bonchev–Trinajstić information content (AvgIpc) is 2.66. The van der Waals surface area contributed by atoms with Gasteiger partial charge >= 0.3 is 0 Å². The van der Waals surface area contributed by atoms with E-state index >= 15 is 0 Å². The van der Waals surface area contributed by atoms with Crippen LogP contribution in [0.15, 0.2) is 77.7 Å². The van der Waals surface area contributed by atoms with Gasteiger partial charge in [0.15, 0.2) is 0 Å². The van der Waals surface area contributed by atoms with Crippen LogP contribution in [0.25, 0.3) is 0 Å². The van der Waals surface area contributed by atoms with Gasteiger partial charge in [0.1, 0.15) is 10.6 Å². The number of benzene rings is 3. The van der Waals surface area contributed by atoms with Crippen LogP contribution in [0, 0.1) is 0 Å². The largest absolute Gasteiger partial charge is 0.506 e. The molecule has 2 N–H and O–H groups in total. The molecule has 140 valence electrons. The molecule has 3 aromatic carbocycles. The van der Waals surface area contributed by atoms with Crippen molar-refractivity contribution in [2.45, 2.75) is 30.6 Å². The molecular formula is C22H22O4S. The molecule has 0 aromatic heterocycles. The average molecular weight is 382 g/mol. The quantitative estimate of drug-likeness (QED) is 0.612. The van der Waals surface area contributed by atoms with E-state index in [1.807, 2.05) is 30.3 Å². The van der Waals surface area contributed by atoms with Gasteiger partial charge in [-0.2, -0.15) is 8.42 Å². The van der Waals surface area contributed by atoms with E-state index in [-0.39, 0.29) is 11.7 Å². The van der Waals surface area contributed by atoms with Gasteiger partial charge in [0.2, 0.25) is 0 Å². The minimum absolute atomic E-state index is 0.222. The van der Waals surface area contributed by atoms with E-state index in [2.05, 4.69) is 31.2 Å². The number of para-hydroxylation sites is 1. The first-order chi connectivity index (χ1) is 12.9. The molecule has 0 aliphatic carbocycles. The lowest BCUT2D eigenvalue weighted by Crippen LogP contribution is -2.04. The monoisotopic (exact) mass is 382 g/mol. The summed E-state index contributed by atoms with van der Waals surface area (Å²) in [4.78, 5) is -0.453. The summed E-state index contributed by atoms with van der Waals surface area (Å²) < 4.78 is 32.0. The van der Waals surface area contributed by atoms with Crippen LogP contribution < -0.4 is 0 Å². The number of rotatable bonds is 6. The molecule has 0 saturated heterocycles. The zero-order valence-electron chi connectivity index (χ0n) is 15.0. The number of hydrogen-bond donors (Lipinski definition) is 2. The summed E-state index contributed by atoms with van der Waals surface area (Å²) in [6, 6.07) is 22.8. The number of phenolic OH excluding ortho intramolecular Hbond substituents is 1. The normalized spacial score (nSPS) is 12.7. The Morgan fingerprint density at radius 3 is 2.11 bits per heavy atom. The summed E-state index contributed by atoms with van der Waals surface area (Å²) in [5, 5.41) is 10.2. The standard InChI is InChI=1S/C22H22O4S/c1-16(17-8-3-2-4-9-17)20-12-6-5-10-18(20)14-15-19-11-7-13-21(22(19)23)27(24,25)26/h2-13,16,23H,14-15H2,1H3,(H,24,25,26). The second-order valence-electron chi connectivity index (χ2n) is 6.57. The van der Waals surface area contributed by atoms with Crippen molar-refractivity contribution in [1.82, 2.24) is 0 Å². The Morgan fingerprint density at radius 2 is 1.41 bits per heavy atom. The summed E-state index contributed by atoms with van der Waals surface area (Å²) in [6.45, 7) is 2.16. The molecule has 0 bridgehead atoms. The zero-order valence-corrected chi connectivity index (χ0v) is 15.9. The number of phenols is 1. The molecule has 0 amide bonds. The summed E-state index contributed by atoms with van der Waals surface area (Å²) in [7, 11) is -4.45. The molecule has 1 unspecified atom stereocenters. The molecular weight excluding hydrogens is 360 g/mol. The molecule has 0 radical (unpaired) electrons. The van der Waals surface area contributed by atoms with Crippen molar-refractivity contribution < 1.29 is 18.1 Å². The SMILES string of the molecule is CC(c1ccccc1)c1ccccc1CCc1cccc(S(=O)(=O)O)c1O. The molecule has 0 aliphatic heterocycles. The lowest BCUT2D eigenvalue weighted by Gasteiger charge is -2.17. The molecule has 0 heterocycles. The summed E-state index contributed by atoms with van der Waals surface area (Å²) in [6.07, 6.45) is 1.11. The van der Waals surface area contributed by atoms with Crippen molar-refractivity contribution in [3.05, 3.63) is 95.1 Å². The van der Waals surface area contributed by atoms with Gasteiger partial charge in [-0.3, -0.25) is 4.55 Å². The van der Waals surface area contributed by atoms with Crippen molar-refractivity contribution in [3.8, 4) is 5.75 Å². The Balaban J connectivity index is 1.86. The van der Waals surface area contributed by atoms with Gasteiger partial charge in [-0.25, -0.2) is 0 Å². The van der Waals surface area contributed by atoms with Crippen LogP contribution in [-0.2, 0) is 23.0 Å². The van der Waals surface area contributed by atoms with Gasteiger partial charge < -0.3 is 5.11 Å². The fourth-order valence-electron chi connectivity index (χ4n) is 3.35. The second kappa shape index (κ2) is 7.94. The number of aromatic hydroxyl groups is 1. The van der Waals surface area contributed by atoms with Crippen LogP contribution in [0.1, 0.15) is 35.1 Å². The zero-order chi connectivity index (χ0) is 19.4. The van der Waals surface area contributed by atoms with E-state index in [1.54, 1.807) is 6.07 Å².